The molecule has 0 aliphatic rings. The molecule has 0 unspecified atom stereocenters. The van der Waals surface area contributed by atoms with E-state index < -0.39 is 0 Å². The second-order valence-electron chi connectivity index (χ2n) is 1.39. The van der Waals surface area contributed by atoms with Crippen molar-refractivity contribution in [3.63, 3.8) is 0 Å². The molecule has 0 aromatic rings. The third kappa shape index (κ3) is 5.59. The average Bonchev–Trinajstić information content (AvgIpc) is 1.63. The molecule has 0 bridgehead atoms. The predicted octanol–water partition coefficient (Wildman–Crippen LogP) is 2.65. The van der Waals surface area contributed by atoms with Crippen LogP contribution in [0.5, 0.6) is 0 Å². The maximum absolute atomic E-state index is 8.68. The van der Waals surface area contributed by atoms with Gasteiger partial charge in [-0.3, -0.25) is 0 Å². The van der Waals surface area contributed by atoms with Crippen molar-refractivity contribution in [1.29, 1.82) is 0 Å². The Balaban J connectivity index is 3.76. The number of thioether (sulfide) groups is 1. The minimum atomic E-state index is 0.231. The van der Waals surface area contributed by atoms with E-state index in [1.165, 1.54) is 17.8 Å². The lowest BCUT2D eigenvalue weighted by Gasteiger charge is -1.89. The van der Waals surface area contributed by atoms with E-state index in [-0.39, 0.29) is 5.76 Å². The maximum Gasteiger partial charge on any atom is 0.0911 e. The molecule has 0 aromatic carbocycles. The molecule has 9 heavy (non-hydrogen) atoms. The first-order chi connectivity index (χ1) is 4.16. The monoisotopic (exact) mass is 160 g/mol. The van der Waals surface area contributed by atoms with Crippen molar-refractivity contribution in [3.8, 4) is 0 Å². The number of rotatable bonds is 2. The van der Waals surface area contributed by atoms with Crippen LogP contribution in [-0.2, 0) is 0 Å². The molecule has 0 saturated heterocycles. The maximum atomic E-state index is 8.68. The van der Waals surface area contributed by atoms with E-state index in [9.17, 15) is 0 Å². The van der Waals surface area contributed by atoms with Crippen LogP contribution in [0.3, 0.4) is 0 Å². The lowest BCUT2D eigenvalue weighted by atomic mass is 10.5. The molecule has 0 amide bonds. The van der Waals surface area contributed by atoms with Gasteiger partial charge in [-0.25, -0.2) is 0 Å². The van der Waals surface area contributed by atoms with Crippen molar-refractivity contribution in [3.05, 3.63) is 23.8 Å². The summed E-state index contributed by atoms with van der Waals surface area (Å²) in [5, 5.41) is 10.3. The molecule has 0 aromatic heterocycles. The summed E-state index contributed by atoms with van der Waals surface area (Å²) < 4.78 is 0.630. The van der Waals surface area contributed by atoms with Gasteiger partial charge in [-0.15, -0.1) is 0 Å². The van der Waals surface area contributed by atoms with Crippen LogP contribution in [0, 0.1) is 0 Å². The summed E-state index contributed by atoms with van der Waals surface area (Å²) in [5.74, 6) is 0.231. The SMILES string of the molecule is C=CSC(=S)/C=C(/C)O. The van der Waals surface area contributed by atoms with Gasteiger partial charge in [-0.2, -0.15) is 0 Å². The molecule has 0 saturated carbocycles. The van der Waals surface area contributed by atoms with Gasteiger partial charge in [0.25, 0.3) is 0 Å². The first-order valence-electron chi connectivity index (χ1n) is 2.35. The van der Waals surface area contributed by atoms with Crippen molar-refractivity contribution in [1.82, 2.24) is 0 Å². The Labute approximate surface area is 64.5 Å². The summed E-state index contributed by atoms with van der Waals surface area (Å²) in [6.45, 7) is 5.05. The fourth-order valence-electron chi connectivity index (χ4n) is 0.287. The zero-order valence-corrected chi connectivity index (χ0v) is 6.76. The summed E-state index contributed by atoms with van der Waals surface area (Å²) in [6, 6.07) is 0. The van der Waals surface area contributed by atoms with Crippen LogP contribution in [0.2, 0.25) is 0 Å². The second-order valence-corrected chi connectivity index (χ2v) is 3.10. The molecule has 1 nitrogen and oxygen atoms in total. The van der Waals surface area contributed by atoms with Gasteiger partial charge < -0.3 is 5.11 Å². The second kappa shape index (κ2) is 4.58. The van der Waals surface area contributed by atoms with Crippen molar-refractivity contribution < 1.29 is 5.11 Å². The number of aliphatic hydroxyl groups is 1. The molecular weight excluding hydrogens is 152 g/mol. The van der Waals surface area contributed by atoms with Crippen LogP contribution < -0.4 is 0 Å². The first-order valence-corrected chi connectivity index (χ1v) is 3.64. The van der Waals surface area contributed by atoms with E-state index in [0.29, 0.717) is 4.20 Å². The Kier molecular flexibility index (Phi) is 4.44. The minimum Gasteiger partial charge on any atom is -0.513 e. The fourth-order valence-corrected chi connectivity index (χ4v) is 1.06. The lowest BCUT2D eigenvalue weighted by Crippen LogP contribution is -1.79. The van der Waals surface area contributed by atoms with Crippen LogP contribution in [0.15, 0.2) is 23.8 Å². The highest BCUT2D eigenvalue weighted by molar-refractivity contribution is 8.25. The summed E-state index contributed by atoms with van der Waals surface area (Å²) in [4.78, 5) is 0. The van der Waals surface area contributed by atoms with Crippen LogP contribution in [0.4, 0.5) is 0 Å². The highest BCUT2D eigenvalue weighted by atomic mass is 32.2. The summed E-state index contributed by atoms with van der Waals surface area (Å²) in [5.41, 5.74) is 0. The minimum absolute atomic E-state index is 0.231. The highest BCUT2D eigenvalue weighted by Gasteiger charge is 1.87. The molecular formula is C6H8OS2. The van der Waals surface area contributed by atoms with Gasteiger partial charge in [0, 0.05) is 6.08 Å². The van der Waals surface area contributed by atoms with Crippen molar-refractivity contribution in [2.24, 2.45) is 0 Å². The molecule has 0 aliphatic carbocycles. The summed E-state index contributed by atoms with van der Waals surface area (Å²) in [7, 11) is 0. The van der Waals surface area contributed by atoms with E-state index in [1.807, 2.05) is 0 Å². The number of aliphatic hydroxyl groups excluding tert-OH is 1. The van der Waals surface area contributed by atoms with Gasteiger partial charge in [0.05, 0.1) is 9.96 Å². The van der Waals surface area contributed by atoms with E-state index in [4.69, 9.17) is 17.3 Å². The van der Waals surface area contributed by atoms with Crippen molar-refractivity contribution >= 4 is 28.2 Å². The van der Waals surface area contributed by atoms with Crippen molar-refractivity contribution in [2.75, 3.05) is 0 Å². The largest absolute Gasteiger partial charge is 0.513 e. The fraction of sp³-hybridized carbons (Fsp3) is 0.167. The number of allylic oxidation sites excluding steroid dienone is 1. The Bertz CT molecular complexity index is 145. The average molecular weight is 160 g/mol. The first kappa shape index (κ1) is 8.72. The van der Waals surface area contributed by atoms with Gasteiger partial charge in [-0.1, -0.05) is 30.6 Å². The molecule has 0 atom stereocenters. The third-order valence-corrected chi connectivity index (χ3v) is 1.45. The predicted molar refractivity (Wildman–Crippen MR) is 46.8 cm³/mol. The van der Waals surface area contributed by atoms with Crippen molar-refractivity contribution in [2.45, 2.75) is 6.92 Å². The number of thiocarbonyl (C=S) groups is 1. The molecule has 1 N–H and O–H groups in total. The highest BCUT2D eigenvalue weighted by Crippen LogP contribution is 2.06. The number of hydrogen-bond acceptors (Lipinski definition) is 3. The molecule has 0 heterocycles. The Morgan fingerprint density at radius 3 is 2.67 bits per heavy atom. The standard InChI is InChI=1S/C6H8OS2/c1-3-9-6(8)4-5(2)7/h3-4,7H,1H2,2H3/b5-4-. The molecule has 50 valence electrons. The van der Waals surface area contributed by atoms with E-state index in [1.54, 1.807) is 12.3 Å². The van der Waals surface area contributed by atoms with Gasteiger partial charge in [0.2, 0.25) is 0 Å². The Morgan fingerprint density at radius 1 is 1.78 bits per heavy atom. The van der Waals surface area contributed by atoms with Gasteiger partial charge >= 0.3 is 0 Å². The molecule has 3 heteroatoms. The van der Waals surface area contributed by atoms with Gasteiger partial charge in [-0.05, 0) is 12.3 Å². The molecule has 0 aliphatic heterocycles. The van der Waals surface area contributed by atoms with E-state index in [2.05, 4.69) is 6.58 Å². The Morgan fingerprint density at radius 2 is 2.33 bits per heavy atom. The smallest absolute Gasteiger partial charge is 0.0911 e. The summed E-state index contributed by atoms with van der Waals surface area (Å²) >= 11 is 6.10. The molecule has 0 spiro atoms. The topological polar surface area (TPSA) is 20.2 Å². The lowest BCUT2D eigenvalue weighted by molar-refractivity contribution is 0.415. The number of hydrogen-bond donors (Lipinski definition) is 1. The molecule has 0 rings (SSSR count). The zero-order valence-electron chi connectivity index (χ0n) is 5.13. The normalized spacial score (nSPS) is 11.0. The van der Waals surface area contributed by atoms with Crippen LogP contribution in [0.1, 0.15) is 6.92 Å². The van der Waals surface area contributed by atoms with Crippen LogP contribution >= 0.6 is 24.0 Å². The summed E-state index contributed by atoms with van der Waals surface area (Å²) in [6.07, 6.45) is 1.52. The quantitative estimate of drug-likeness (QED) is 0.381. The molecule has 0 fully saturated rings. The van der Waals surface area contributed by atoms with E-state index in [0.717, 1.165) is 0 Å². The van der Waals surface area contributed by atoms with Gasteiger partial charge in [0.15, 0.2) is 0 Å². The Hall–Kier alpha value is -0.280. The van der Waals surface area contributed by atoms with Crippen LogP contribution in [-0.4, -0.2) is 9.30 Å². The third-order valence-electron chi connectivity index (χ3n) is 0.526. The molecule has 0 radical (unpaired) electrons. The van der Waals surface area contributed by atoms with Crippen LogP contribution in [0.25, 0.3) is 0 Å². The zero-order chi connectivity index (χ0) is 7.28. The van der Waals surface area contributed by atoms with Gasteiger partial charge in [0.1, 0.15) is 0 Å². The van der Waals surface area contributed by atoms with E-state index >= 15 is 0 Å².